The van der Waals surface area contributed by atoms with Crippen molar-refractivity contribution in [2.75, 3.05) is 26.8 Å². The molecule has 0 spiro atoms. The van der Waals surface area contributed by atoms with Gasteiger partial charge in [-0.15, -0.1) is 0 Å². The van der Waals surface area contributed by atoms with Gasteiger partial charge in [-0.1, -0.05) is 57.2 Å². The van der Waals surface area contributed by atoms with Gasteiger partial charge in [-0.3, -0.25) is 0 Å². The van der Waals surface area contributed by atoms with E-state index in [2.05, 4.69) is 62.1 Å². The number of methoxy groups -OCH3 is 1. The normalized spacial score (nSPS) is 12.2. The zero-order valence-corrected chi connectivity index (χ0v) is 18.1. The van der Waals surface area contributed by atoms with Gasteiger partial charge in [0.15, 0.2) is 11.5 Å². The molecule has 3 nitrogen and oxygen atoms in total. The second-order valence-electron chi connectivity index (χ2n) is 7.37. The Hall–Kier alpha value is -2.00. The summed E-state index contributed by atoms with van der Waals surface area (Å²) in [6.07, 6.45) is 5.51. The molecule has 2 aromatic rings. The topological polar surface area (TPSA) is 21.7 Å². The first-order valence-electron chi connectivity index (χ1n) is 10.8. The predicted octanol–water partition coefficient (Wildman–Crippen LogP) is 5.76. The molecule has 0 amide bonds. The molecule has 154 valence electrons. The van der Waals surface area contributed by atoms with Crippen LogP contribution >= 0.6 is 0 Å². The van der Waals surface area contributed by atoms with Gasteiger partial charge in [0.2, 0.25) is 0 Å². The van der Waals surface area contributed by atoms with Gasteiger partial charge < -0.3 is 14.4 Å². The van der Waals surface area contributed by atoms with E-state index in [9.17, 15) is 0 Å². The van der Waals surface area contributed by atoms with E-state index < -0.39 is 0 Å². The summed E-state index contributed by atoms with van der Waals surface area (Å²) in [6.45, 7) is 9.82. The highest BCUT2D eigenvalue weighted by molar-refractivity contribution is 5.43. The first-order valence-corrected chi connectivity index (χ1v) is 10.8. The van der Waals surface area contributed by atoms with Crippen molar-refractivity contribution in [3.05, 3.63) is 59.7 Å². The van der Waals surface area contributed by atoms with E-state index in [1.165, 1.54) is 37.1 Å². The van der Waals surface area contributed by atoms with Crippen LogP contribution in [-0.2, 0) is 12.8 Å². The van der Waals surface area contributed by atoms with Gasteiger partial charge in [0.05, 0.1) is 13.7 Å². The Bertz CT molecular complexity index is 666. The first kappa shape index (κ1) is 22.3. The Morgan fingerprint density at radius 3 is 2.18 bits per heavy atom. The van der Waals surface area contributed by atoms with Crippen LogP contribution in [0.2, 0.25) is 0 Å². The number of nitrogens with zero attached hydrogens (tertiary/aromatic N) is 1. The van der Waals surface area contributed by atoms with Crippen molar-refractivity contribution in [3.63, 3.8) is 0 Å². The lowest BCUT2D eigenvalue weighted by molar-refractivity contribution is 0.189. The molecule has 0 aliphatic heterocycles. The van der Waals surface area contributed by atoms with Crippen LogP contribution in [0.25, 0.3) is 0 Å². The molecule has 2 rings (SSSR count). The van der Waals surface area contributed by atoms with Gasteiger partial charge in [-0.2, -0.15) is 0 Å². The fourth-order valence-electron chi connectivity index (χ4n) is 3.74. The van der Waals surface area contributed by atoms with Crippen molar-refractivity contribution in [3.8, 4) is 11.5 Å². The second kappa shape index (κ2) is 12.5. The average Bonchev–Trinajstić information content (AvgIpc) is 2.73. The highest BCUT2D eigenvalue weighted by Crippen LogP contribution is 2.29. The molecule has 0 aromatic heterocycles. The minimum Gasteiger partial charge on any atom is -0.493 e. The third-order valence-corrected chi connectivity index (χ3v) is 5.20. The second-order valence-corrected chi connectivity index (χ2v) is 7.37. The Morgan fingerprint density at radius 1 is 0.857 bits per heavy atom. The summed E-state index contributed by atoms with van der Waals surface area (Å²) in [4.78, 5) is 2.64. The maximum atomic E-state index is 6.10. The average molecular weight is 384 g/mol. The molecule has 0 radical (unpaired) electrons. The van der Waals surface area contributed by atoms with E-state index in [0.717, 1.165) is 30.8 Å². The molecule has 0 heterocycles. The zero-order chi connectivity index (χ0) is 20.2. The van der Waals surface area contributed by atoms with Gasteiger partial charge in [0.25, 0.3) is 0 Å². The van der Waals surface area contributed by atoms with Crippen molar-refractivity contribution in [1.82, 2.24) is 4.90 Å². The van der Waals surface area contributed by atoms with Crippen LogP contribution in [0.1, 0.15) is 51.2 Å². The molecular weight excluding hydrogens is 346 g/mol. The lowest BCUT2D eigenvalue weighted by Crippen LogP contribution is -2.37. The van der Waals surface area contributed by atoms with Crippen LogP contribution in [-0.4, -0.2) is 37.7 Å². The number of benzene rings is 2. The van der Waals surface area contributed by atoms with E-state index >= 15 is 0 Å². The number of ether oxygens (including phenoxy) is 2. The van der Waals surface area contributed by atoms with Crippen LogP contribution < -0.4 is 9.47 Å². The van der Waals surface area contributed by atoms with Crippen LogP contribution in [0, 0.1) is 0 Å². The van der Waals surface area contributed by atoms with Crippen molar-refractivity contribution < 1.29 is 9.47 Å². The highest BCUT2D eigenvalue weighted by Gasteiger charge is 2.17. The van der Waals surface area contributed by atoms with Crippen LogP contribution in [0.5, 0.6) is 11.5 Å². The number of hydrogen-bond acceptors (Lipinski definition) is 3. The minimum absolute atomic E-state index is 0.575. The van der Waals surface area contributed by atoms with E-state index in [0.29, 0.717) is 12.6 Å². The Labute approximate surface area is 171 Å². The molecule has 0 N–H and O–H groups in total. The molecule has 0 aliphatic carbocycles. The predicted molar refractivity (Wildman–Crippen MR) is 119 cm³/mol. The standard InChI is InChI=1S/C25H37NO2/c1-5-16-26(17-6-2)23(7-3)19-22-13-14-24(27-4)25(20-22)28-18-15-21-11-9-8-10-12-21/h8-14,20,23H,5-7,15-19H2,1-4H3/t23-/m1/s1. The summed E-state index contributed by atoms with van der Waals surface area (Å²) < 4.78 is 11.6. The minimum atomic E-state index is 0.575. The molecule has 2 aromatic carbocycles. The lowest BCUT2D eigenvalue weighted by atomic mass is 10.0. The quantitative estimate of drug-likeness (QED) is 0.439. The maximum absolute atomic E-state index is 6.10. The Kier molecular flexibility index (Phi) is 9.92. The van der Waals surface area contributed by atoms with Crippen molar-refractivity contribution >= 4 is 0 Å². The van der Waals surface area contributed by atoms with E-state index in [-0.39, 0.29) is 0 Å². The van der Waals surface area contributed by atoms with E-state index in [1.54, 1.807) is 7.11 Å². The summed E-state index contributed by atoms with van der Waals surface area (Å²) in [5.74, 6) is 1.66. The summed E-state index contributed by atoms with van der Waals surface area (Å²) in [6, 6.07) is 17.4. The molecule has 0 fully saturated rings. The molecule has 1 atom stereocenters. The molecular formula is C25H37NO2. The van der Waals surface area contributed by atoms with Gasteiger partial charge in [0, 0.05) is 12.5 Å². The lowest BCUT2D eigenvalue weighted by Gasteiger charge is -2.31. The Morgan fingerprint density at radius 2 is 1.57 bits per heavy atom. The van der Waals surface area contributed by atoms with Crippen molar-refractivity contribution in [1.29, 1.82) is 0 Å². The molecule has 0 saturated heterocycles. The number of rotatable bonds is 13. The largest absolute Gasteiger partial charge is 0.493 e. The van der Waals surface area contributed by atoms with Crippen LogP contribution in [0.4, 0.5) is 0 Å². The summed E-state index contributed by atoms with van der Waals surface area (Å²) in [5, 5.41) is 0. The molecule has 0 unspecified atom stereocenters. The zero-order valence-electron chi connectivity index (χ0n) is 18.1. The van der Waals surface area contributed by atoms with E-state index in [4.69, 9.17) is 9.47 Å². The molecule has 0 aliphatic rings. The van der Waals surface area contributed by atoms with Crippen molar-refractivity contribution in [2.45, 2.75) is 58.9 Å². The third-order valence-electron chi connectivity index (χ3n) is 5.20. The Balaban J connectivity index is 2.05. The smallest absolute Gasteiger partial charge is 0.161 e. The SMILES string of the molecule is CCCN(CCC)[C@H](CC)Cc1ccc(OC)c(OCCc2ccccc2)c1. The van der Waals surface area contributed by atoms with Crippen molar-refractivity contribution in [2.24, 2.45) is 0 Å². The fraction of sp³-hybridized carbons (Fsp3) is 0.520. The summed E-state index contributed by atoms with van der Waals surface area (Å²) in [5.41, 5.74) is 2.61. The molecule has 0 bridgehead atoms. The monoisotopic (exact) mass is 383 g/mol. The first-order chi connectivity index (χ1) is 13.7. The fourth-order valence-corrected chi connectivity index (χ4v) is 3.74. The van der Waals surface area contributed by atoms with Gasteiger partial charge in [0.1, 0.15) is 0 Å². The summed E-state index contributed by atoms with van der Waals surface area (Å²) in [7, 11) is 1.71. The summed E-state index contributed by atoms with van der Waals surface area (Å²) >= 11 is 0. The van der Waals surface area contributed by atoms with Crippen LogP contribution in [0.3, 0.4) is 0 Å². The van der Waals surface area contributed by atoms with E-state index in [1.807, 2.05) is 12.1 Å². The molecule has 28 heavy (non-hydrogen) atoms. The van der Waals surface area contributed by atoms with Gasteiger partial charge in [-0.25, -0.2) is 0 Å². The van der Waals surface area contributed by atoms with Gasteiger partial charge >= 0.3 is 0 Å². The molecule has 0 saturated carbocycles. The highest BCUT2D eigenvalue weighted by atomic mass is 16.5. The number of hydrogen-bond donors (Lipinski definition) is 0. The maximum Gasteiger partial charge on any atom is 0.161 e. The molecule has 3 heteroatoms. The third kappa shape index (κ3) is 6.87. The van der Waals surface area contributed by atoms with Crippen LogP contribution in [0.15, 0.2) is 48.5 Å². The van der Waals surface area contributed by atoms with Gasteiger partial charge in [-0.05, 0) is 62.0 Å².